The van der Waals surface area contributed by atoms with Gasteiger partial charge in [-0.05, 0) is 49.0 Å². The molecule has 0 spiro atoms. The number of carboxylic acid groups (broad SMARTS) is 1. The van der Waals surface area contributed by atoms with Crippen LogP contribution in [-0.2, 0) is 14.9 Å². The van der Waals surface area contributed by atoms with E-state index in [2.05, 4.69) is 21.5 Å². The van der Waals surface area contributed by atoms with E-state index in [1.54, 1.807) is 6.20 Å². The summed E-state index contributed by atoms with van der Waals surface area (Å²) in [5.74, 6) is 5.47. The Kier molecular flexibility index (Phi) is 5.66. The molecule has 0 saturated heterocycles. The summed E-state index contributed by atoms with van der Waals surface area (Å²) in [5.41, 5.74) is 0.850. The lowest BCUT2D eigenvalue weighted by molar-refractivity contribution is -0.139. The molecule has 0 bridgehead atoms. The summed E-state index contributed by atoms with van der Waals surface area (Å²) < 4.78 is 11.7. The lowest BCUT2D eigenvalue weighted by Gasteiger charge is -2.13. The molecule has 1 amide bonds. The zero-order valence-electron chi connectivity index (χ0n) is 17.5. The van der Waals surface area contributed by atoms with Crippen molar-refractivity contribution in [2.24, 2.45) is 0 Å². The molecule has 1 fully saturated rings. The molecule has 9 heteroatoms. The van der Waals surface area contributed by atoms with E-state index in [4.69, 9.17) is 4.74 Å². The highest BCUT2D eigenvalue weighted by Crippen LogP contribution is 2.52. The maximum Gasteiger partial charge on any atom is 0.412 e. The minimum Gasteiger partial charge on any atom is -0.481 e. The van der Waals surface area contributed by atoms with E-state index in [0.717, 1.165) is 36.3 Å². The molecule has 3 aromatic heterocycles. The second-order valence-corrected chi connectivity index (χ2v) is 10.7. The number of thiophene rings is 2. The van der Waals surface area contributed by atoms with Gasteiger partial charge in [-0.25, -0.2) is 4.79 Å². The third-order valence-electron chi connectivity index (χ3n) is 5.50. The van der Waals surface area contributed by atoms with Gasteiger partial charge >= 0.3 is 12.1 Å². The molecule has 166 valence electrons. The molecular formula is C24H18N2O4S3. The van der Waals surface area contributed by atoms with E-state index in [0.29, 0.717) is 23.4 Å². The van der Waals surface area contributed by atoms with Crippen LogP contribution in [0.5, 0.6) is 0 Å². The van der Waals surface area contributed by atoms with Gasteiger partial charge < -0.3 is 9.84 Å². The number of carbonyl (C=O) groups excluding carboxylic acids is 1. The van der Waals surface area contributed by atoms with E-state index in [9.17, 15) is 14.7 Å². The van der Waals surface area contributed by atoms with E-state index >= 15 is 0 Å². The molecule has 0 unspecified atom stereocenters. The van der Waals surface area contributed by atoms with Crippen LogP contribution in [-0.4, -0.2) is 21.5 Å². The first-order valence-corrected chi connectivity index (χ1v) is 12.6. The van der Waals surface area contributed by atoms with Crippen molar-refractivity contribution >= 4 is 60.7 Å². The van der Waals surface area contributed by atoms with Crippen molar-refractivity contribution in [3.8, 4) is 11.8 Å². The van der Waals surface area contributed by atoms with Crippen LogP contribution < -0.4 is 5.32 Å². The molecule has 1 aliphatic rings. The summed E-state index contributed by atoms with van der Waals surface area (Å²) in [5, 5.41) is 12.8. The number of benzene rings is 1. The number of carboxylic acids is 1. The summed E-state index contributed by atoms with van der Waals surface area (Å²) in [6, 6.07) is 13.5. The average Bonchev–Trinajstić information content (AvgIpc) is 3.12. The fourth-order valence-electron chi connectivity index (χ4n) is 3.45. The van der Waals surface area contributed by atoms with Gasteiger partial charge in [-0.1, -0.05) is 42.2 Å². The number of fused-ring (bicyclic) bond motifs is 1. The molecule has 3 heterocycles. The summed E-state index contributed by atoms with van der Waals surface area (Å²) in [7, 11) is 0. The lowest BCUT2D eigenvalue weighted by atomic mass is 10.1. The molecule has 0 radical (unpaired) electrons. The Labute approximate surface area is 202 Å². The fraction of sp³-hybridized carbons (Fsp3) is 0.208. The number of hydrogen-bond acceptors (Lipinski definition) is 7. The zero-order chi connectivity index (χ0) is 23.0. The molecular weight excluding hydrogens is 476 g/mol. The van der Waals surface area contributed by atoms with Crippen molar-refractivity contribution in [2.45, 2.75) is 31.3 Å². The highest BCUT2D eigenvalue weighted by molar-refractivity contribution is 7.28. The van der Waals surface area contributed by atoms with Crippen molar-refractivity contribution in [3.05, 3.63) is 69.5 Å². The highest BCUT2D eigenvalue weighted by atomic mass is 32.1. The Balaban J connectivity index is 1.27. The SMILES string of the molecule is C[C@@H](OC(=O)Nc1sncc1C#Cc1cc2sc(C3(C(=O)O)CC3)cc2s1)c1ccccc1. The summed E-state index contributed by atoms with van der Waals surface area (Å²) in [4.78, 5) is 25.7. The zero-order valence-corrected chi connectivity index (χ0v) is 19.9. The van der Waals surface area contributed by atoms with E-state index in [1.165, 1.54) is 22.7 Å². The number of anilines is 1. The van der Waals surface area contributed by atoms with E-state index < -0.39 is 17.5 Å². The van der Waals surface area contributed by atoms with Crippen LogP contribution >= 0.6 is 34.2 Å². The number of rotatable bonds is 5. The van der Waals surface area contributed by atoms with Gasteiger partial charge in [-0.2, -0.15) is 4.37 Å². The molecule has 0 aliphatic heterocycles. The number of aromatic nitrogens is 1. The Hall–Kier alpha value is -3.19. The largest absolute Gasteiger partial charge is 0.481 e. The molecule has 1 saturated carbocycles. The monoisotopic (exact) mass is 494 g/mol. The van der Waals surface area contributed by atoms with Gasteiger partial charge in [0.25, 0.3) is 0 Å². The van der Waals surface area contributed by atoms with Gasteiger partial charge in [-0.3, -0.25) is 10.1 Å². The van der Waals surface area contributed by atoms with Crippen molar-refractivity contribution in [1.82, 2.24) is 4.37 Å². The maximum atomic E-state index is 12.3. The van der Waals surface area contributed by atoms with E-state index in [1.807, 2.05) is 49.4 Å². The van der Waals surface area contributed by atoms with Crippen molar-refractivity contribution in [1.29, 1.82) is 0 Å². The van der Waals surface area contributed by atoms with Gasteiger partial charge in [0.15, 0.2) is 0 Å². The minimum atomic E-state index is -0.738. The van der Waals surface area contributed by atoms with Crippen molar-refractivity contribution in [2.75, 3.05) is 5.32 Å². The summed E-state index contributed by atoms with van der Waals surface area (Å²) in [6.07, 6.45) is 2.09. The fourth-order valence-corrected chi connectivity index (χ4v) is 6.53. The number of aliphatic carboxylic acids is 1. The molecule has 1 aliphatic carbocycles. The molecule has 1 atom stereocenters. The first-order chi connectivity index (χ1) is 15.9. The Morgan fingerprint density at radius 3 is 2.61 bits per heavy atom. The number of ether oxygens (including phenoxy) is 1. The number of amides is 1. The third kappa shape index (κ3) is 4.37. The molecule has 4 aromatic rings. The van der Waals surface area contributed by atoms with Crippen LogP contribution in [0.25, 0.3) is 9.40 Å². The second-order valence-electron chi connectivity index (χ2n) is 7.74. The van der Waals surface area contributed by atoms with Gasteiger partial charge in [0, 0.05) is 14.3 Å². The van der Waals surface area contributed by atoms with Crippen LogP contribution in [0.4, 0.5) is 9.80 Å². The molecule has 5 rings (SSSR count). The molecule has 1 aromatic carbocycles. The first-order valence-electron chi connectivity index (χ1n) is 10.2. The predicted molar refractivity (Wildman–Crippen MR) is 131 cm³/mol. The topological polar surface area (TPSA) is 88.5 Å². The predicted octanol–water partition coefficient (Wildman–Crippen LogP) is 6.25. The minimum absolute atomic E-state index is 0.381. The number of nitrogens with zero attached hydrogens (tertiary/aromatic N) is 1. The van der Waals surface area contributed by atoms with Crippen LogP contribution in [0.2, 0.25) is 0 Å². The van der Waals surface area contributed by atoms with Gasteiger partial charge in [0.2, 0.25) is 0 Å². The standard InChI is InChI=1S/C24H18N2O4S3/c1-14(15-5-3-2-4-6-15)30-23(29)26-21-16(13-25-33-21)7-8-17-11-18-19(31-17)12-20(32-18)24(9-10-24)22(27)28/h2-6,11-14H,9-10H2,1H3,(H,26,29)(H,27,28)/t14-/m1/s1. The normalized spacial score (nSPS) is 14.8. The highest BCUT2D eigenvalue weighted by Gasteiger charge is 2.53. The number of carbonyl (C=O) groups is 2. The van der Waals surface area contributed by atoms with Gasteiger partial charge in [0.05, 0.1) is 16.6 Å². The molecule has 6 nitrogen and oxygen atoms in total. The van der Waals surface area contributed by atoms with Crippen molar-refractivity contribution in [3.63, 3.8) is 0 Å². The average molecular weight is 495 g/mol. The van der Waals surface area contributed by atoms with E-state index in [-0.39, 0.29) is 6.10 Å². The smallest absolute Gasteiger partial charge is 0.412 e. The summed E-state index contributed by atoms with van der Waals surface area (Å²) >= 11 is 4.21. The quantitative estimate of drug-likeness (QED) is 0.320. The van der Waals surface area contributed by atoms with Gasteiger partial charge in [0.1, 0.15) is 16.5 Å². The second kappa shape index (κ2) is 8.63. The van der Waals surface area contributed by atoms with Crippen LogP contribution in [0, 0.1) is 11.8 Å². The lowest BCUT2D eigenvalue weighted by Crippen LogP contribution is -2.17. The Bertz CT molecular complexity index is 1370. The van der Waals surface area contributed by atoms with Crippen molar-refractivity contribution < 1.29 is 19.4 Å². The first kappa shape index (κ1) is 21.6. The third-order valence-corrected chi connectivity index (χ3v) is 8.63. The Morgan fingerprint density at radius 2 is 1.91 bits per heavy atom. The molecule has 2 N–H and O–H groups in total. The maximum absolute atomic E-state index is 12.3. The Morgan fingerprint density at radius 1 is 1.15 bits per heavy atom. The van der Waals surface area contributed by atoms with Crippen LogP contribution in [0.1, 0.15) is 46.8 Å². The molecule has 33 heavy (non-hydrogen) atoms. The number of hydrogen-bond donors (Lipinski definition) is 2. The number of nitrogens with one attached hydrogen (secondary N) is 1. The summed E-state index contributed by atoms with van der Waals surface area (Å²) in [6.45, 7) is 1.82. The van der Waals surface area contributed by atoms with Gasteiger partial charge in [-0.15, -0.1) is 22.7 Å². The van der Waals surface area contributed by atoms with Crippen LogP contribution in [0.15, 0.2) is 48.7 Å². The van der Waals surface area contributed by atoms with Crippen LogP contribution in [0.3, 0.4) is 0 Å².